The minimum Gasteiger partial charge on any atom is -0.497 e. The number of aromatic nitrogens is 3. The number of carbonyl (C=O) groups excluding carboxylic acids is 2. The van der Waals surface area contributed by atoms with Crippen LogP contribution in [0.5, 0.6) is 11.5 Å². The fraction of sp³-hybridized carbons (Fsp3) is 0.304. The number of amides is 2. The topological polar surface area (TPSA) is 118 Å². The second-order valence-electron chi connectivity index (χ2n) is 7.45. The Bertz CT molecular complexity index is 1060. The van der Waals surface area contributed by atoms with Crippen LogP contribution in [0.3, 0.4) is 0 Å². The molecule has 1 unspecified atom stereocenters. The van der Waals surface area contributed by atoms with E-state index >= 15 is 0 Å². The van der Waals surface area contributed by atoms with Gasteiger partial charge in [-0.05, 0) is 42.3 Å². The molecule has 3 aromatic rings. The lowest BCUT2D eigenvalue weighted by atomic mass is 10.0. The maximum absolute atomic E-state index is 12.8. The van der Waals surface area contributed by atoms with Crippen molar-refractivity contribution in [1.82, 2.24) is 25.8 Å². The fourth-order valence-electron chi connectivity index (χ4n) is 3.11. The van der Waals surface area contributed by atoms with Crippen LogP contribution < -0.4 is 20.1 Å². The van der Waals surface area contributed by atoms with Crippen LogP contribution in [0, 0.1) is 5.92 Å². The molecule has 2 amide bonds. The Morgan fingerprint density at radius 3 is 2.41 bits per heavy atom. The summed E-state index contributed by atoms with van der Waals surface area (Å²) in [5, 5.41) is 12.6. The molecular formula is C23H27N5O4. The van der Waals surface area contributed by atoms with Crippen LogP contribution in [0.1, 0.15) is 30.0 Å². The van der Waals surface area contributed by atoms with E-state index in [1.807, 2.05) is 38.1 Å². The summed E-state index contributed by atoms with van der Waals surface area (Å²) in [6.45, 7) is 3.88. The number of nitrogens with one attached hydrogen (secondary N) is 3. The van der Waals surface area contributed by atoms with Crippen molar-refractivity contribution in [2.24, 2.45) is 5.92 Å². The Morgan fingerprint density at radius 1 is 1.03 bits per heavy atom. The molecule has 0 aliphatic heterocycles. The van der Waals surface area contributed by atoms with E-state index in [0.29, 0.717) is 23.0 Å². The van der Waals surface area contributed by atoms with E-state index < -0.39 is 6.04 Å². The van der Waals surface area contributed by atoms with Crippen LogP contribution in [0.2, 0.25) is 0 Å². The van der Waals surface area contributed by atoms with Gasteiger partial charge in [0.1, 0.15) is 23.4 Å². The van der Waals surface area contributed by atoms with Crippen LogP contribution >= 0.6 is 0 Å². The first-order valence-corrected chi connectivity index (χ1v) is 10.2. The van der Waals surface area contributed by atoms with Gasteiger partial charge in [-0.1, -0.05) is 26.0 Å². The van der Waals surface area contributed by atoms with Crippen molar-refractivity contribution in [2.45, 2.75) is 26.4 Å². The van der Waals surface area contributed by atoms with E-state index in [1.165, 1.54) is 7.11 Å². The van der Waals surface area contributed by atoms with Crippen molar-refractivity contribution in [1.29, 1.82) is 0 Å². The Kier molecular flexibility index (Phi) is 7.43. The van der Waals surface area contributed by atoms with Gasteiger partial charge in [-0.2, -0.15) is 5.10 Å². The largest absolute Gasteiger partial charge is 0.497 e. The average Bonchev–Trinajstić information content (AvgIpc) is 3.29. The van der Waals surface area contributed by atoms with Crippen molar-refractivity contribution < 1.29 is 19.1 Å². The molecule has 0 saturated heterocycles. The van der Waals surface area contributed by atoms with Gasteiger partial charge in [-0.15, -0.1) is 0 Å². The van der Waals surface area contributed by atoms with Crippen molar-refractivity contribution >= 4 is 11.8 Å². The number of para-hydroxylation sites is 1. The summed E-state index contributed by atoms with van der Waals surface area (Å²) < 4.78 is 10.4. The molecular weight excluding hydrogens is 410 g/mol. The number of H-pyrrole nitrogens is 1. The molecule has 0 bridgehead atoms. The van der Waals surface area contributed by atoms with Gasteiger partial charge in [0, 0.05) is 5.56 Å². The molecule has 9 heteroatoms. The van der Waals surface area contributed by atoms with E-state index in [9.17, 15) is 9.59 Å². The SMILES string of the molecule is COc1ccc(-c2n[nH]c(CNC(=O)C(NC(=O)c3ccccc3OC)C(C)C)n2)cc1. The molecule has 1 atom stereocenters. The molecule has 168 valence electrons. The lowest BCUT2D eigenvalue weighted by Crippen LogP contribution is -2.49. The van der Waals surface area contributed by atoms with Gasteiger partial charge < -0.3 is 20.1 Å². The number of ether oxygens (including phenoxy) is 2. The second kappa shape index (κ2) is 10.4. The summed E-state index contributed by atoms with van der Waals surface area (Å²) in [5.41, 5.74) is 1.19. The van der Waals surface area contributed by atoms with Crippen molar-refractivity contribution in [3.63, 3.8) is 0 Å². The summed E-state index contributed by atoms with van der Waals surface area (Å²) in [6.07, 6.45) is 0. The predicted molar refractivity (Wildman–Crippen MR) is 119 cm³/mol. The summed E-state index contributed by atoms with van der Waals surface area (Å²) >= 11 is 0. The Labute approximate surface area is 186 Å². The zero-order valence-corrected chi connectivity index (χ0v) is 18.5. The summed E-state index contributed by atoms with van der Waals surface area (Å²) in [6, 6.07) is 13.5. The first-order valence-electron chi connectivity index (χ1n) is 10.2. The van der Waals surface area contributed by atoms with Gasteiger partial charge in [-0.3, -0.25) is 14.7 Å². The monoisotopic (exact) mass is 437 g/mol. The number of methoxy groups -OCH3 is 2. The number of nitrogens with zero attached hydrogens (tertiary/aromatic N) is 2. The summed E-state index contributed by atoms with van der Waals surface area (Å²) in [5.74, 6) is 1.39. The van der Waals surface area contributed by atoms with Crippen LogP contribution in [0.25, 0.3) is 11.4 Å². The Hall–Kier alpha value is -3.88. The molecule has 0 spiro atoms. The molecule has 3 N–H and O–H groups in total. The van der Waals surface area contributed by atoms with Gasteiger partial charge in [-0.25, -0.2) is 4.98 Å². The zero-order valence-electron chi connectivity index (χ0n) is 18.5. The molecule has 32 heavy (non-hydrogen) atoms. The molecule has 3 rings (SSSR count). The van der Waals surface area contributed by atoms with Gasteiger partial charge in [0.15, 0.2) is 5.82 Å². The lowest BCUT2D eigenvalue weighted by molar-refractivity contribution is -0.124. The molecule has 0 aliphatic rings. The maximum atomic E-state index is 12.8. The summed E-state index contributed by atoms with van der Waals surface area (Å²) in [7, 11) is 3.10. The third-order valence-electron chi connectivity index (χ3n) is 4.90. The van der Waals surface area contributed by atoms with Gasteiger partial charge in [0.25, 0.3) is 5.91 Å². The van der Waals surface area contributed by atoms with E-state index in [0.717, 1.165) is 11.3 Å². The Balaban J connectivity index is 1.63. The first-order chi connectivity index (χ1) is 15.4. The van der Waals surface area contributed by atoms with Crippen LogP contribution in [-0.4, -0.2) is 47.3 Å². The Morgan fingerprint density at radius 2 is 1.75 bits per heavy atom. The number of hydrogen-bond donors (Lipinski definition) is 3. The molecule has 2 aromatic carbocycles. The highest BCUT2D eigenvalue weighted by molar-refractivity contribution is 5.99. The first kappa shape index (κ1) is 22.8. The molecule has 0 radical (unpaired) electrons. The highest BCUT2D eigenvalue weighted by Gasteiger charge is 2.26. The highest BCUT2D eigenvalue weighted by atomic mass is 16.5. The van der Waals surface area contributed by atoms with Crippen LogP contribution in [0.4, 0.5) is 0 Å². The molecule has 0 aliphatic carbocycles. The second-order valence-corrected chi connectivity index (χ2v) is 7.45. The molecule has 1 aromatic heterocycles. The van der Waals surface area contributed by atoms with Gasteiger partial charge in [0.2, 0.25) is 5.91 Å². The predicted octanol–water partition coefficient (Wildman–Crippen LogP) is 2.56. The van der Waals surface area contributed by atoms with E-state index in [2.05, 4.69) is 25.8 Å². The van der Waals surface area contributed by atoms with E-state index in [1.54, 1.807) is 31.4 Å². The fourth-order valence-corrected chi connectivity index (χ4v) is 3.11. The smallest absolute Gasteiger partial charge is 0.255 e. The van der Waals surface area contributed by atoms with Gasteiger partial charge >= 0.3 is 0 Å². The highest BCUT2D eigenvalue weighted by Crippen LogP contribution is 2.19. The zero-order chi connectivity index (χ0) is 23.1. The maximum Gasteiger partial charge on any atom is 0.255 e. The van der Waals surface area contributed by atoms with E-state index in [4.69, 9.17) is 9.47 Å². The van der Waals surface area contributed by atoms with E-state index in [-0.39, 0.29) is 24.3 Å². The lowest BCUT2D eigenvalue weighted by Gasteiger charge is -2.22. The number of carbonyl (C=O) groups is 2. The quantitative estimate of drug-likeness (QED) is 0.474. The van der Waals surface area contributed by atoms with Gasteiger partial charge in [0.05, 0.1) is 26.3 Å². The third kappa shape index (κ3) is 5.42. The summed E-state index contributed by atoms with van der Waals surface area (Å²) in [4.78, 5) is 29.9. The van der Waals surface area contributed by atoms with Crippen LogP contribution in [0.15, 0.2) is 48.5 Å². The third-order valence-corrected chi connectivity index (χ3v) is 4.90. The van der Waals surface area contributed by atoms with Crippen molar-refractivity contribution in [3.05, 3.63) is 59.9 Å². The standard InChI is InChI=1S/C23H27N5O4/c1-14(2)20(26-22(29)17-7-5-6-8-18(17)32-4)23(30)24-13-19-25-21(28-27-19)15-9-11-16(31-3)12-10-15/h5-12,14,20H,13H2,1-4H3,(H,24,30)(H,26,29)(H,25,27,28). The van der Waals surface area contributed by atoms with Crippen LogP contribution in [-0.2, 0) is 11.3 Å². The molecule has 0 fully saturated rings. The number of rotatable bonds is 9. The molecule has 1 heterocycles. The number of benzene rings is 2. The normalized spacial score (nSPS) is 11.7. The average molecular weight is 438 g/mol. The minimum absolute atomic E-state index is 0.127. The number of aromatic amines is 1. The number of hydrogen-bond acceptors (Lipinski definition) is 6. The molecule has 0 saturated carbocycles. The minimum atomic E-state index is -0.726. The molecule has 9 nitrogen and oxygen atoms in total. The van der Waals surface area contributed by atoms with Crippen molar-refractivity contribution in [2.75, 3.05) is 14.2 Å². The van der Waals surface area contributed by atoms with Crippen molar-refractivity contribution in [3.8, 4) is 22.9 Å².